The first-order valence-corrected chi connectivity index (χ1v) is 5.36. The quantitative estimate of drug-likeness (QED) is 0.654. The summed E-state index contributed by atoms with van der Waals surface area (Å²) in [6, 6.07) is 0.929. The van der Waals surface area contributed by atoms with Gasteiger partial charge in [0, 0.05) is 18.6 Å². The molecule has 1 rings (SSSR count). The zero-order chi connectivity index (χ0) is 9.68. The third-order valence-electron chi connectivity index (χ3n) is 2.88. The highest BCUT2D eigenvalue weighted by molar-refractivity contribution is 4.80. The van der Waals surface area contributed by atoms with Crippen LogP contribution in [0.15, 0.2) is 0 Å². The molecule has 1 aliphatic heterocycles. The van der Waals surface area contributed by atoms with Gasteiger partial charge >= 0.3 is 0 Å². The van der Waals surface area contributed by atoms with Crippen molar-refractivity contribution in [3.8, 4) is 0 Å². The molecule has 0 saturated carbocycles. The van der Waals surface area contributed by atoms with Crippen LogP contribution < -0.4 is 5.32 Å². The predicted octanol–water partition coefficient (Wildman–Crippen LogP) is 0.441. The molecule has 13 heavy (non-hydrogen) atoms. The third-order valence-corrected chi connectivity index (χ3v) is 2.88. The van der Waals surface area contributed by atoms with Crippen molar-refractivity contribution in [2.45, 2.75) is 38.8 Å². The Labute approximate surface area is 81.1 Å². The summed E-state index contributed by atoms with van der Waals surface area (Å²) < 4.78 is 0. The van der Waals surface area contributed by atoms with Crippen molar-refractivity contribution in [3.63, 3.8) is 0 Å². The van der Waals surface area contributed by atoms with Crippen LogP contribution >= 0.6 is 0 Å². The molecule has 1 heterocycles. The minimum absolute atomic E-state index is 0.235. The number of likely N-dealkylation sites (tertiary alicyclic amines) is 1. The van der Waals surface area contributed by atoms with E-state index in [1.54, 1.807) is 0 Å². The van der Waals surface area contributed by atoms with E-state index in [9.17, 15) is 0 Å². The average molecular weight is 186 g/mol. The van der Waals surface area contributed by atoms with Gasteiger partial charge in [-0.15, -0.1) is 0 Å². The first-order chi connectivity index (χ1) is 6.27. The van der Waals surface area contributed by atoms with Gasteiger partial charge in [-0.1, -0.05) is 6.92 Å². The van der Waals surface area contributed by atoms with Crippen molar-refractivity contribution in [2.75, 3.05) is 26.2 Å². The second kappa shape index (κ2) is 5.58. The van der Waals surface area contributed by atoms with Gasteiger partial charge in [0.1, 0.15) is 0 Å². The molecule has 0 spiro atoms. The molecule has 3 nitrogen and oxygen atoms in total. The van der Waals surface area contributed by atoms with Crippen LogP contribution in [0.3, 0.4) is 0 Å². The van der Waals surface area contributed by atoms with Gasteiger partial charge in [-0.3, -0.25) is 4.90 Å². The largest absolute Gasteiger partial charge is 0.395 e. The molecule has 0 aromatic rings. The molecule has 0 aliphatic carbocycles. The van der Waals surface area contributed by atoms with Gasteiger partial charge in [-0.05, 0) is 32.9 Å². The zero-order valence-electron chi connectivity index (χ0n) is 8.79. The van der Waals surface area contributed by atoms with Crippen molar-refractivity contribution < 1.29 is 5.11 Å². The lowest BCUT2D eigenvalue weighted by atomic mass is 10.2. The SMILES string of the molecule is CCN1CCC[C@H]1CNC(C)CO. The molecular weight excluding hydrogens is 164 g/mol. The molecule has 78 valence electrons. The fourth-order valence-corrected chi connectivity index (χ4v) is 1.94. The van der Waals surface area contributed by atoms with Crippen LogP contribution in [0.4, 0.5) is 0 Å². The summed E-state index contributed by atoms with van der Waals surface area (Å²) in [5, 5.41) is 12.2. The fraction of sp³-hybridized carbons (Fsp3) is 1.00. The van der Waals surface area contributed by atoms with Crippen molar-refractivity contribution in [1.29, 1.82) is 0 Å². The zero-order valence-corrected chi connectivity index (χ0v) is 8.79. The van der Waals surface area contributed by atoms with Crippen LogP contribution in [0.1, 0.15) is 26.7 Å². The molecule has 2 N–H and O–H groups in total. The number of hydrogen-bond donors (Lipinski definition) is 2. The summed E-state index contributed by atoms with van der Waals surface area (Å²) in [4.78, 5) is 2.51. The molecule has 0 bridgehead atoms. The van der Waals surface area contributed by atoms with Crippen LogP contribution in [0.5, 0.6) is 0 Å². The van der Waals surface area contributed by atoms with Gasteiger partial charge in [-0.2, -0.15) is 0 Å². The molecular formula is C10H22N2O. The molecule has 0 radical (unpaired) electrons. The van der Waals surface area contributed by atoms with E-state index < -0.39 is 0 Å². The number of aliphatic hydroxyl groups excluding tert-OH is 1. The Morgan fingerprint density at radius 3 is 3.00 bits per heavy atom. The summed E-state index contributed by atoms with van der Waals surface area (Å²) in [5.41, 5.74) is 0. The van der Waals surface area contributed by atoms with Gasteiger partial charge in [0.25, 0.3) is 0 Å². The van der Waals surface area contributed by atoms with Crippen molar-refractivity contribution >= 4 is 0 Å². The second-order valence-electron chi connectivity index (χ2n) is 3.92. The van der Waals surface area contributed by atoms with Crippen LogP contribution in [-0.4, -0.2) is 48.3 Å². The Morgan fingerprint density at radius 2 is 2.38 bits per heavy atom. The standard InChI is InChI=1S/C10H22N2O/c1-3-12-6-4-5-10(12)7-11-9(2)8-13/h9-11,13H,3-8H2,1-2H3/t9?,10-/m0/s1. The van der Waals surface area contributed by atoms with Crippen LogP contribution in [-0.2, 0) is 0 Å². The van der Waals surface area contributed by atoms with E-state index in [-0.39, 0.29) is 12.6 Å². The first-order valence-electron chi connectivity index (χ1n) is 5.36. The lowest BCUT2D eigenvalue weighted by Gasteiger charge is -2.24. The monoisotopic (exact) mass is 186 g/mol. The average Bonchev–Trinajstić information content (AvgIpc) is 2.61. The number of rotatable bonds is 5. The maximum Gasteiger partial charge on any atom is 0.0581 e. The topological polar surface area (TPSA) is 35.5 Å². The predicted molar refractivity (Wildman–Crippen MR) is 54.8 cm³/mol. The summed E-state index contributed by atoms with van der Waals surface area (Å²) in [6.45, 7) is 7.89. The number of aliphatic hydroxyl groups is 1. The Morgan fingerprint density at radius 1 is 1.62 bits per heavy atom. The normalized spacial score (nSPS) is 26.5. The number of hydrogen-bond acceptors (Lipinski definition) is 3. The first kappa shape index (κ1) is 11.0. The van der Waals surface area contributed by atoms with E-state index >= 15 is 0 Å². The molecule has 3 heteroatoms. The number of nitrogens with one attached hydrogen (secondary N) is 1. The lowest BCUT2D eigenvalue weighted by Crippen LogP contribution is -2.41. The van der Waals surface area contributed by atoms with Crippen molar-refractivity contribution in [1.82, 2.24) is 10.2 Å². The van der Waals surface area contributed by atoms with E-state index in [2.05, 4.69) is 17.1 Å². The van der Waals surface area contributed by atoms with Gasteiger partial charge in [0.15, 0.2) is 0 Å². The van der Waals surface area contributed by atoms with E-state index in [4.69, 9.17) is 5.11 Å². The van der Waals surface area contributed by atoms with E-state index in [0.29, 0.717) is 6.04 Å². The highest BCUT2D eigenvalue weighted by Crippen LogP contribution is 2.15. The lowest BCUT2D eigenvalue weighted by molar-refractivity contribution is 0.222. The Bertz CT molecular complexity index is 141. The third kappa shape index (κ3) is 3.25. The van der Waals surface area contributed by atoms with Crippen LogP contribution in [0, 0.1) is 0 Å². The summed E-state index contributed by atoms with van der Waals surface area (Å²) in [7, 11) is 0. The van der Waals surface area contributed by atoms with Crippen LogP contribution in [0.2, 0.25) is 0 Å². The molecule has 0 aromatic heterocycles. The Kier molecular flexibility index (Phi) is 4.70. The van der Waals surface area contributed by atoms with E-state index in [1.165, 1.54) is 19.4 Å². The molecule has 1 saturated heterocycles. The van der Waals surface area contributed by atoms with Gasteiger partial charge < -0.3 is 10.4 Å². The van der Waals surface area contributed by atoms with Gasteiger partial charge in [0.2, 0.25) is 0 Å². The summed E-state index contributed by atoms with van der Waals surface area (Å²) >= 11 is 0. The molecule has 2 atom stereocenters. The van der Waals surface area contributed by atoms with Crippen molar-refractivity contribution in [3.05, 3.63) is 0 Å². The van der Waals surface area contributed by atoms with E-state index in [0.717, 1.165) is 13.1 Å². The molecule has 0 amide bonds. The molecule has 1 fully saturated rings. The maximum absolute atomic E-state index is 8.86. The molecule has 1 aliphatic rings. The highest BCUT2D eigenvalue weighted by Gasteiger charge is 2.22. The van der Waals surface area contributed by atoms with Gasteiger partial charge in [-0.25, -0.2) is 0 Å². The number of nitrogens with zero attached hydrogens (tertiary/aromatic N) is 1. The van der Waals surface area contributed by atoms with E-state index in [1.807, 2.05) is 6.92 Å². The number of likely N-dealkylation sites (N-methyl/N-ethyl adjacent to an activating group) is 1. The second-order valence-corrected chi connectivity index (χ2v) is 3.92. The highest BCUT2D eigenvalue weighted by atomic mass is 16.3. The minimum Gasteiger partial charge on any atom is -0.395 e. The smallest absolute Gasteiger partial charge is 0.0581 e. The Balaban J connectivity index is 2.19. The van der Waals surface area contributed by atoms with Crippen molar-refractivity contribution in [2.24, 2.45) is 0 Å². The van der Waals surface area contributed by atoms with Gasteiger partial charge in [0.05, 0.1) is 6.61 Å². The molecule has 0 aromatic carbocycles. The van der Waals surface area contributed by atoms with Crippen LogP contribution in [0.25, 0.3) is 0 Å². The summed E-state index contributed by atoms with van der Waals surface area (Å²) in [6.07, 6.45) is 2.63. The molecule has 1 unspecified atom stereocenters. The Hall–Kier alpha value is -0.120. The fourth-order valence-electron chi connectivity index (χ4n) is 1.94. The minimum atomic E-state index is 0.235. The maximum atomic E-state index is 8.86. The summed E-state index contributed by atoms with van der Waals surface area (Å²) in [5.74, 6) is 0.